The van der Waals surface area contributed by atoms with Gasteiger partial charge in [0.15, 0.2) is 0 Å². The minimum absolute atomic E-state index is 0.0111. The van der Waals surface area contributed by atoms with Gasteiger partial charge in [-0.2, -0.15) is 0 Å². The highest BCUT2D eigenvalue weighted by molar-refractivity contribution is 5.18. The maximum absolute atomic E-state index is 12.8. The van der Waals surface area contributed by atoms with Crippen molar-refractivity contribution in [1.29, 1.82) is 0 Å². The van der Waals surface area contributed by atoms with Gasteiger partial charge in [-0.1, -0.05) is 19.1 Å². The highest BCUT2D eigenvalue weighted by Gasteiger charge is 2.31. The molecule has 0 aliphatic heterocycles. The average Bonchev–Trinajstić information content (AvgIpc) is 2.37. The van der Waals surface area contributed by atoms with Crippen molar-refractivity contribution in [3.63, 3.8) is 0 Å². The van der Waals surface area contributed by atoms with Gasteiger partial charge in [-0.25, -0.2) is 4.39 Å². The van der Waals surface area contributed by atoms with Crippen molar-refractivity contribution in [3.05, 3.63) is 35.6 Å². The molecule has 0 fully saturated rings. The van der Waals surface area contributed by atoms with Crippen LogP contribution in [0.3, 0.4) is 0 Å². The summed E-state index contributed by atoms with van der Waals surface area (Å²) >= 11 is 0. The standard InChI is InChI=1S/C13H21FN2O/c1-4-13(2,17-3)12(16-15)9-10-5-7-11(14)8-6-10/h5-8,12,16H,4,9,15H2,1-3H3. The second-order valence-corrected chi connectivity index (χ2v) is 4.42. The van der Waals surface area contributed by atoms with Crippen LogP contribution in [0.25, 0.3) is 0 Å². The first-order chi connectivity index (χ1) is 8.05. The van der Waals surface area contributed by atoms with E-state index in [1.54, 1.807) is 19.2 Å². The van der Waals surface area contributed by atoms with Crippen LogP contribution in [0.1, 0.15) is 25.8 Å². The molecule has 17 heavy (non-hydrogen) atoms. The van der Waals surface area contributed by atoms with Crippen LogP contribution in [0.4, 0.5) is 4.39 Å². The fourth-order valence-corrected chi connectivity index (χ4v) is 1.84. The Hall–Kier alpha value is -0.970. The van der Waals surface area contributed by atoms with Crippen molar-refractivity contribution in [2.45, 2.75) is 38.3 Å². The van der Waals surface area contributed by atoms with Crippen LogP contribution in [-0.2, 0) is 11.2 Å². The fourth-order valence-electron chi connectivity index (χ4n) is 1.84. The van der Waals surface area contributed by atoms with Crippen molar-refractivity contribution < 1.29 is 9.13 Å². The molecule has 0 aliphatic rings. The molecule has 0 heterocycles. The maximum Gasteiger partial charge on any atom is 0.123 e. The van der Waals surface area contributed by atoms with E-state index in [4.69, 9.17) is 10.6 Å². The summed E-state index contributed by atoms with van der Waals surface area (Å²) in [6.07, 6.45) is 1.55. The summed E-state index contributed by atoms with van der Waals surface area (Å²) in [5.74, 6) is 5.36. The van der Waals surface area contributed by atoms with Crippen LogP contribution in [0.5, 0.6) is 0 Å². The summed E-state index contributed by atoms with van der Waals surface area (Å²) < 4.78 is 18.3. The van der Waals surface area contributed by atoms with Gasteiger partial charge in [0.05, 0.1) is 11.6 Å². The molecule has 3 nitrogen and oxygen atoms in total. The van der Waals surface area contributed by atoms with Crippen LogP contribution in [0.15, 0.2) is 24.3 Å². The lowest BCUT2D eigenvalue weighted by molar-refractivity contribution is -0.0288. The van der Waals surface area contributed by atoms with E-state index in [0.29, 0.717) is 6.42 Å². The molecular formula is C13H21FN2O. The van der Waals surface area contributed by atoms with Crippen LogP contribution >= 0.6 is 0 Å². The van der Waals surface area contributed by atoms with Crippen molar-refractivity contribution in [2.75, 3.05) is 7.11 Å². The first kappa shape index (κ1) is 14.1. The molecular weight excluding hydrogens is 219 g/mol. The lowest BCUT2D eigenvalue weighted by atomic mass is 9.89. The Labute approximate surface area is 102 Å². The van der Waals surface area contributed by atoms with E-state index in [9.17, 15) is 4.39 Å². The monoisotopic (exact) mass is 240 g/mol. The molecule has 1 aromatic rings. The average molecular weight is 240 g/mol. The largest absolute Gasteiger partial charge is 0.377 e. The molecule has 4 heteroatoms. The highest BCUT2D eigenvalue weighted by Crippen LogP contribution is 2.22. The summed E-state index contributed by atoms with van der Waals surface area (Å²) in [6.45, 7) is 4.07. The molecule has 1 rings (SSSR count). The predicted molar refractivity (Wildman–Crippen MR) is 66.9 cm³/mol. The molecule has 0 spiro atoms. The van der Waals surface area contributed by atoms with Gasteiger partial charge >= 0.3 is 0 Å². The molecule has 96 valence electrons. The second-order valence-electron chi connectivity index (χ2n) is 4.42. The number of hydrazine groups is 1. The summed E-state index contributed by atoms with van der Waals surface area (Å²) in [7, 11) is 1.68. The highest BCUT2D eigenvalue weighted by atomic mass is 19.1. The molecule has 0 saturated heterocycles. The summed E-state index contributed by atoms with van der Waals surface area (Å²) in [5.41, 5.74) is 3.49. The van der Waals surface area contributed by atoms with E-state index in [-0.39, 0.29) is 17.5 Å². The van der Waals surface area contributed by atoms with Crippen LogP contribution in [0.2, 0.25) is 0 Å². The van der Waals surface area contributed by atoms with E-state index in [0.717, 1.165) is 12.0 Å². The number of hydrogen-bond donors (Lipinski definition) is 2. The topological polar surface area (TPSA) is 47.3 Å². The fraction of sp³-hybridized carbons (Fsp3) is 0.538. The molecule has 0 saturated carbocycles. The number of nitrogens with one attached hydrogen (secondary N) is 1. The van der Waals surface area contributed by atoms with Gasteiger partial charge in [0.25, 0.3) is 0 Å². The Morgan fingerprint density at radius 1 is 1.41 bits per heavy atom. The van der Waals surface area contributed by atoms with Gasteiger partial charge in [-0.15, -0.1) is 0 Å². The van der Waals surface area contributed by atoms with Gasteiger partial charge in [0.1, 0.15) is 5.82 Å². The molecule has 0 aliphatic carbocycles. The molecule has 2 atom stereocenters. The second kappa shape index (κ2) is 6.10. The van der Waals surface area contributed by atoms with E-state index in [1.165, 1.54) is 12.1 Å². The van der Waals surface area contributed by atoms with Gasteiger partial charge in [0.2, 0.25) is 0 Å². The van der Waals surface area contributed by atoms with Gasteiger partial charge in [-0.05, 0) is 37.5 Å². The van der Waals surface area contributed by atoms with Crippen LogP contribution < -0.4 is 11.3 Å². The third-order valence-electron chi connectivity index (χ3n) is 3.46. The molecule has 0 bridgehead atoms. The first-order valence-electron chi connectivity index (χ1n) is 5.81. The van der Waals surface area contributed by atoms with Crippen molar-refractivity contribution in [3.8, 4) is 0 Å². The molecule has 0 radical (unpaired) electrons. The zero-order valence-corrected chi connectivity index (χ0v) is 10.7. The number of methoxy groups -OCH3 is 1. The normalized spacial score (nSPS) is 16.5. The summed E-state index contributed by atoms with van der Waals surface area (Å²) in [4.78, 5) is 0. The van der Waals surface area contributed by atoms with Crippen molar-refractivity contribution in [2.24, 2.45) is 5.84 Å². The van der Waals surface area contributed by atoms with E-state index < -0.39 is 0 Å². The maximum atomic E-state index is 12.8. The van der Waals surface area contributed by atoms with Gasteiger partial charge in [-0.3, -0.25) is 11.3 Å². The zero-order chi connectivity index (χ0) is 12.9. The molecule has 1 aromatic carbocycles. The van der Waals surface area contributed by atoms with E-state index in [2.05, 4.69) is 12.3 Å². The third-order valence-corrected chi connectivity index (χ3v) is 3.46. The molecule has 0 amide bonds. The smallest absolute Gasteiger partial charge is 0.123 e. The quantitative estimate of drug-likeness (QED) is 0.590. The number of nitrogens with two attached hydrogens (primary N) is 1. The summed E-state index contributed by atoms with van der Waals surface area (Å²) in [6, 6.07) is 6.44. The third kappa shape index (κ3) is 3.49. The lowest BCUT2D eigenvalue weighted by Gasteiger charge is -2.35. The van der Waals surface area contributed by atoms with Gasteiger partial charge in [0, 0.05) is 7.11 Å². The van der Waals surface area contributed by atoms with Crippen LogP contribution in [-0.4, -0.2) is 18.8 Å². The molecule has 3 N–H and O–H groups in total. The first-order valence-corrected chi connectivity index (χ1v) is 5.81. The minimum atomic E-state index is -0.330. The van der Waals surface area contributed by atoms with E-state index in [1.807, 2.05) is 6.92 Å². The zero-order valence-electron chi connectivity index (χ0n) is 10.7. The van der Waals surface area contributed by atoms with Crippen molar-refractivity contribution >= 4 is 0 Å². The van der Waals surface area contributed by atoms with Crippen LogP contribution in [0, 0.1) is 5.82 Å². The Balaban J connectivity index is 2.79. The van der Waals surface area contributed by atoms with Gasteiger partial charge < -0.3 is 4.74 Å². The Morgan fingerprint density at radius 3 is 2.41 bits per heavy atom. The SMILES string of the molecule is CCC(C)(OC)C(Cc1ccc(F)cc1)NN. The minimum Gasteiger partial charge on any atom is -0.377 e. The number of rotatable bonds is 6. The number of benzene rings is 1. The van der Waals surface area contributed by atoms with E-state index >= 15 is 0 Å². The number of hydrogen-bond acceptors (Lipinski definition) is 3. The molecule has 2 unspecified atom stereocenters. The lowest BCUT2D eigenvalue weighted by Crippen LogP contribution is -2.53. The molecule has 0 aromatic heterocycles. The van der Waals surface area contributed by atoms with Crippen molar-refractivity contribution in [1.82, 2.24) is 5.43 Å². The Kier molecular flexibility index (Phi) is 5.05. The Bertz CT molecular complexity index is 336. The Morgan fingerprint density at radius 2 is 2.00 bits per heavy atom. The number of halogens is 1. The number of ether oxygens (including phenoxy) is 1. The predicted octanol–water partition coefficient (Wildman–Crippen LogP) is 2.02. The summed E-state index contributed by atoms with van der Waals surface area (Å²) in [5, 5.41) is 0.